The quantitative estimate of drug-likeness (QED) is 0.696. The topological polar surface area (TPSA) is 51.2 Å². The molecule has 0 spiro atoms. The van der Waals surface area contributed by atoms with Crippen LogP contribution in [0.25, 0.3) is 0 Å². The maximum Gasteiger partial charge on any atom is 0.161 e. The average Bonchev–Trinajstić information content (AvgIpc) is 2.55. The normalized spacial score (nSPS) is 22.2. The van der Waals surface area contributed by atoms with Crippen molar-refractivity contribution in [2.75, 3.05) is 39.5 Å². The average molecular weight is 343 g/mol. The molecule has 1 N–H and O–H groups in total. The predicted octanol–water partition coefficient (Wildman–Crippen LogP) is -1.31. The lowest BCUT2D eigenvalue weighted by Gasteiger charge is -2.29. The second kappa shape index (κ2) is 9.33. The van der Waals surface area contributed by atoms with Gasteiger partial charge in [0, 0.05) is 6.54 Å². The van der Waals surface area contributed by atoms with E-state index < -0.39 is 6.10 Å². The number of benzene rings is 1. The van der Waals surface area contributed by atoms with Crippen LogP contribution in [0.2, 0.25) is 0 Å². The summed E-state index contributed by atoms with van der Waals surface area (Å²) in [5.41, 5.74) is 0. The number of halogens is 1. The van der Waals surface area contributed by atoms with E-state index in [0.29, 0.717) is 26.4 Å². The number of rotatable bonds is 6. The molecule has 0 radical (unpaired) electrons. The molecule has 23 heavy (non-hydrogen) atoms. The van der Waals surface area contributed by atoms with Crippen LogP contribution in [0.5, 0.6) is 11.5 Å². The van der Waals surface area contributed by atoms with Crippen LogP contribution in [0.1, 0.15) is 19.3 Å². The van der Waals surface area contributed by atoms with E-state index in [4.69, 9.17) is 14.2 Å². The molecular weight excluding hydrogens is 318 g/mol. The van der Waals surface area contributed by atoms with E-state index in [1.165, 1.54) is 19.3 Å². The van der Waals surface area contributed by atoms with Crippen molar-refractivity contribution in [3.8, 4) is 11.5 Å². The second-order valence-electron chi connectivity index (χ2n) is 6.05. The molecule has 1 fully saturated rings. The Balaban J connectivity index is 0.00000192. The van der Waals surface area contributed by atoms with Crippen LogP contribution in [-0.2, 0) is 4.74 Å². The van der Waals surface area contributed by atoms with Crippen LogP contribution in [-0.4, -0.2) is 61.7 Å². The maximum absolute atomic E-state index is 10.0. The first-order valence-electron chi connectivity index (χ1n) is 8.18. The van der Waals surface area contributed by atoms with Gasteiger partial charge < -0.3 is 36.6 Å². The van der Waals surface area contributed by atoms with Gasteiger partial charge in [-0.1, -0.05) is 18.6 Å². The van der Waals surface area contributed by atoms with Crippen molar-refractivity contribution in [2.24, 2.45) is 0 Å². The lowest BCUT2D eigenvalue weighted by molar-refractivity contribution is -0.0300. The van der Waals surface area contributed by atoms with Gasteiger partial charge in [-0.3, -0.25) is 0 Å². The molecule has 1 aromatic carbocycles. The number of hydrogen-bond acceptors (Lipinski definition) is 5. The Kier molecular flexibility index (Phi) is 7.43. The van der Waals surface area contributed by atoms with Crippen LogP contribution in [0.3, 0.4) is 0 Å². The number of nitrogens with zero attached hydrogens (tertiary/aromatic N) is 1. The Bertz CT molecular complexity index is 468. The van der Waals surface area contributed by atoms with E-state index in [2.05, 4.69) is 4.90 Å². The van der Waals surface area contributed by atoms with Gasteiger partial charge in [0.25, 0.3) is 0 Å². The zero-order valence-electron chi connectivity index (χ0n) is 13.3. The summed E-state index contributed by atoms with van der Waals surface area (Å²) in [4.78, 5) is 2.31. The number of likely N-dealkylation sites (tertiary alicyclic amines) is 1. The minimum atomic E-state index is -0.435. The molecule has 0 saturated carbocycles. The molecule has 3 rings (SSSR count). The van der Waals surface area contributed by atoms with Gasteiger partial charge in [-0.25, -0.2) is 0 Å². The molecular formula is C17H25ClNO4-. The Labute approximate surface area is 143 Å². The number of ether oxygens (including phenoxy) is 3. The largest absolute Gasteiger partial charge is 1.00 e. The smallest absolute Gasteiger partial charge is 0.161 e. The Morgan fingerprint density at radius 1 is 1.17 bits per heavy atom. The number of aliphatic hydroxyl groups excluding tert-OH is 1. The molecule has 2 aliphatic rings. The molecule has 2 aliphatic heterocycles. The van der Waals surface area contributed by atoms with E-state index in [-0.39, 0.29) is 18.5 Å². The molecule has 2 atom stereocenters. The number of piperidine rings is 1. The summed E-state index contributed by atoms with van der Waals surface area (Å²) < 4.78 is 17.1. The summed E-state index contributed by atoms with van der Waals surface area (Å²) in [5, 5.41) is 10.0. The van der Waals surface area contributed by atoms with Crippen molar-refractivity contribution in [1.82, 2.24) is 4.90 Å². The summed E-state index contributed by atoms with van der Waals surface area (Å²) in [6.07, 6.45) is 3.23. The number of aliphatic hydroxyl groups is 1. The van der Waals surface area contributed by atoms with E-state index in [0.717, 1.165) is 24.6 Å². The van der Waals surface area contributed by atoms with Crippen molar-refractivity contribution in [1.29, 1.82) is 0 Å². The Morgan fingerprint density at radius 2 is 1.91 bits per heavy atom. The van der Waals surface area contributed by atoms with Crippen molar-refractivity contribution >= 4 is 0 Å². The van der Waals surface area contributed by atoms with Gasteiger partial charge in [0.2, 0.25) is 0 Å². The lowest BCUT2D eigenvalue weighted by Crippen LogP contribution is -3.00. The van der Waals surface area contributed by atoms with Crippen molar-refractivity contribution < 1.29 is 31.7 Å². The molecule has 0 aliphatic carbocycles. The number of hydrogen-bond donors (Lipinski definition) is 1. The van der Waals surface area contributed by atoms with Crippen molar-refractivity contribution in [2.45, 2.75) is 31.5 Å². The van der Waals surface area contributed by atoms with Gasteiger partial charge in [0.15, 0.2) is 17.6 Å². The SMILES string of the molecule is OC(COCC1COc2ccccc2O1)CN1CCCCC1.[Cl-]. The first-order chi connectivity index (χ1) is 10.8. The molecule has 0 amide bonds. The number of fused-ring (bicyclic) bond motifs is 1. The third kappa shape index (κ3) is 5.53. The molecule has 0 aromatic heterocycles. The van der Waals surface area contributed by atoms with Gasteiger partial charge in [-0.15, -0.1) is 0 Å². The van der Waals surface area contributed by atoms with Gasteiger partial charge in [0.1, 0.15) is 6.61 Å². The monoisotopic (exact) mass is 342 g/mol. The first-order valence-corrected chi connectivity index (χ1v) is 8.18. The summed E-state index contributed by atoms with van der Waals surface area (Å²) in [7, 11) is 0. The van der Waals surface area contributed by atoms with Crippen LogP contribution in [0.4, 0.5) is 0 Å². The predicted molar refractivity (Wildman–Crippen MR) is 83.5 cm³/mol. The van der Waals surface area contributed by atoms with Gasteiger partial charge >= 0.3 is 0 Å². The van der Waals surface area contributed by atoms with E-state index in [1.807, 2.05) is 24.3 Å². The van der Waals surface area contributed by atoms with Crippen LogP contribution < -0.4 is 21.9 Å². The highest BCUT2D eigenvalue weighted by Crippen LogP contribution is 2.30. The van der Waals surface area contributed by atoms with Crippen LogP contribution in [0, 0.1) is 0 Å². The molecule has 1 saturated heterocycles. The van der Waals surface area contributed by atoms with E-state index >= 15 is 0 Å². The summed E-state index contributed by atoms with van der Waals surface area (Å²) in [6, 6.07) is 7.64. The highest BCUT2D eigenvalue weighted by molar-refractivity contribution is 5.40. The fraction of sp³-hybridized carbons (Fsp3) is 0.647. The summed E-state index contributed by atoms with van der Waals surface area (Å²) >= 11 is 0. The highest BCUT2D eigenvalue weighted by atomic mass is 35.5. The molecule has 0 bridgehead atoms. The standard InChI is InChI=1S/C17H25NO4.ClH/c19-14(10-18-8-4-1-5-9-18)11-20-12-15-13-21-16-6-2-3-7-17(16)22-15;/h2-3,6-7,14-15,19H,1,4-5,8-13H2;1H/p-1. The highest BCUT2D eigenvalue weighted by Gasteiger charge is 2.21. The van der Waals surface area contributed by atoms with Crippen molar-refractivity contribution in [3.05, 3.63) is 24.3 Å². The first kappa shape index (κ1) is 18.3. The number of para-hydroxylation sites is 2. The third-order valence-electron chi connectivity index (χ3n) is 4.10. The maximum atomic E-state index is 10.0. The summed E-state index contributed by atoms with van der Waals surface area (Å²) in [6.45, 7) is 4.15. The van der Waals surface area contributed by atoms with Gasteiger partial charge in [0.05, 0.1) is 19.3 Å². The minimum Gasteiger partial charge on any atom is -1.00 e. The van der Waals surface area contributed by atoms with E-state index in [9.17, 15) is 5.11 Å². The number of β-amino-alcohol motifs (C(OH)–C–C–N with tert-alkyl or cyclic N) is 1. The van der Waals surface area contributed by atoms with Crippen molar-refractivity contribution in [3.63, 3.8) is 0 Å². The molecule has 2 heterocycles. The minimum absolute atomic E-state index is 0. The third-order valence-corrected chi connectivity index (χ3v) is 4.10. The lowest BCUT2D eigenvalue weighted by atomic mass is 10.1. The Morgan fingerprint density at radius 3 is 2.70 bits per heavy atom. The van der Waals surface area contributed by atoms with Crippen LogP contribution >= 0.6 is 0 Å². The second-order valence-corrected chi connectivity index (χ2v) is 6.05. The molecule has 130 valence electrons. The van der Waals surface area contributed by atoms with Crippen LogP contribution in [0.15, 0.2) is 24.3 Å². The molecule has 6 heteroatoms. The zero-order chi connectivity index (χ0) is 15.2. The molecule has 2 unspecified atom stereocenters. The molecule has 5 nitrogen and oxygen atoms in total. The van der Waals surface area contributed by atoms with Gasteiger partial charge in [-0.05, 0) is 38.1 Å². The zero-order valence-corrected chi connectivity index (χ0v) is 14.1. The van der Waals surface area contributed by atoms with E-state index in [1.54, 1.807) is 0 Å². The Hall–Kier alpha value is -1.01. The molecule has 1 aromatic rings. The summed E-state index contributed by atoms with van der Waals surface area (Å²) in [5.74, 6) is 1.54. The fourth-order valence-electron chi connectivity index (χ4n) is 2.97. The fourth-order valence-corrected chi connectivity index (χ4v) is 2.97. The van der Waals surface area contributed by atoms with Gasteiger partial charge in [-0.2, -0.15) is 0 Å².